The molecule has 80 valence electrons. The summed E-state index contributed by atoms with van der Waals surface area (Å²) in [5.41, 5.74) is 11.1. The van der Waals surface area contributed by atoms with Crippen LogP contribution in [0.25, 0.3) is 0 Å². The summed E-state index contributed by atoms with van der Waals surface area (Å²) in [5.74, 6) is -0.0787. The number of aromatic nitrogens is 4. The molecule has 2 aromatic rings. The first kappa shape index (κ1) is 9.97. The van der Waals surface area contributed by atoms with E-state index in [1.807, 2.05) is 0 Å². The third kappa shape index (κ3) is 1.92. The molecule has 2 heterocycles. The number of nitrogen functional groups attached to an aromatic ring is 2. The summed E-state index contributed by atoms with van der Waals surface area (Å²) in [6.07, 6.45) is 5.32. The third-order valence-electron chi connectivity index (χ3n) is 1.77. The van der Waals surface area contributed by atoms with Crippen LogP contribution in [-0.4, -0.2) is 25.7 Å². The number of rotatable bonds is 2. The van der Waals surface area contributed by atoms with Crippen molar-refractivity contribution in [3.8, 4) is 0 Å². The van der Waals surface area contributed by atoms with Gasteiger partial charge >= 0.3 is 0 Å². The SMILES string of the molecule is Nc1cncc(C(=O)c2cncc(N)n2)n1. The van der Waals surface area contributed by atoms with Crippen LogP contribution in [0.4, 0.5) is 11.6 Å². The Labute approximate surface area is 90.6 Å². The summed E-state index contributed by atoms with van der Waals surface area (Å²) < 4.78 is 0. The molecule has 0 radical (unpaired) electrons. The van der Waals surface area contributed by atoms with Crippen LogP contribution in [0.1, 0.15) is 16.2 Å². The van der Waals surface area contributed by atoms with Crippen LogP contribution in [0.15, 0.2) is 24.8 Å². The molecule has 0 aliphatic carbocycles. The second-order valence-electron chi connectivity index (χ2n) is 2.99. The predicted molar refractivity (Wildman–Crippen MR) is 56.3 cm³/mol. The Morgan fingerprint density at radius 2 is 1.31 bits per heavy atom. The second-order valence-corrected chi connectivity index (χ2v) is 2.99. The molecule has 4 N–H and O–H groups in total. The van der Waals surface area contributed by atoms with Gasteiger partial charge < -0.3 is 11.5 Å². The normalized spacial score (nSPS) is 10.0. The molecule has 2 aromatic heterocycles. The van der Waals surface area contributed by atoms with Crippen molar-refractivity contribution in [1.29, 1.82) is 0 Å². The average molecular weight is 216 g/mol. The minimum Gasteiger partial charge on any atom is -0.382 e. The number of hydrogen-bond donors (Lipinski definition) is 2. The zero-order valence-electron chi connectivity index (χ0n) is 8.16. The van der Waals surface area contributed by atoms with Crippen LogP contribution in [-0.2, 0) is 0 Å². The fourth-order valence-corrected chi connectivity index (χ4v) is 1.11. The van der Waals surface area contributed by atoms with Crippen molar-refractivity contribution in [3.63, 3.8) is 0 Å². The van der Waals surface area contributed by atoms with Crippen LogP contribution < -0.4 is 11.5 Å². The van der Waals surface area contributed by atoms with Crippen LogP contribution >= 0.6 is 0 Å². The Hall–Kier alpha value is -2.57. The fourth-order valence-electron chi connectivity index (χ4n) is 1.11. The fraction of sp³-hybridized carbons (Fsp3) is 0. The van der Waals surface area contributed by atoms with Gasteiger partial charge in [0.25, 0.3) is 0 Å². The molecule has 0 amide bonds. The van der Waals surface area contributed by atoms with Gasteiger partial charge in [-0.15, -0.1) is 0 Å². The lowest BCUT2D eigenvalue weighted by atomic mass is 10.2. The van der Waals surface area contributed by atoms with E-state index < -0.39 is 5.78 Å². The molecule has 0 fully saturated rings. The van der Waals surface area contributed by atoms with Gasteiger partial charge in [0.1, 0.15) is 23.0 Å². The number of carbonyl (C=O) groups excluding carboxylic acids is 1. The standard InChI is InChI=1S/C9H8N6O/c10-7-3-12-1-5(14-7)9(16)6-2-13-4-8(11)15-6/h1-4H,(H2,10,14)(H2,11,15). The van der Waals surface area contributed by atoms with Crippen molar-refractivity contribution < 1.29 is 4.79 Å². The molecular formula is C9H8N6O. The summed E-state index contributed by atoms with van der Waals surface area (Å²) in [6, 6.07) is 0. The lowest BCUT2D eigenvalue weighted by Gasteiger charge is -2.00. The van der Waals surface area contributed by atoms with Crippen LogP contribution in [0, 0.1) is 0 Å². The second kappa shape index (κ2) is 3.89. The minimum absolute atomic E-state index is 0.111. The van der Waals surface area contributed by atoms with Gasteiger partial charge in [-0.05, 0) is 0 Å². The van der Waals surface area contributed by atoms with E-state index in [9.17, 15) is 4.79 Å². The molecule has 0 aromatic carbocycles. The Morgan fingerprint density at radius 1 is 0.875 bits per heavy atom. The highest BCUT2D eigenvalue weighted by molar-refractivity contribution is 6.06. The number of anilines is 2. The van der Waals surface area contributed by atoms with E-state index in [4.69, 9.17) is 11.5 Å². The van der Waals surface area contributed by atoms with Crippen molar-refractivity contribution in [2.45, 2.75) is 0 Å². The largest absolute Gasteiger partial charge is 0.382 e. The number of nitrogens with two attached hydrogens (primary N) is 2. The molecular weight excluding hydrogens is 208 g/mol. The molecule has 0 atom stereocenters. The lowest BCUT2D eigenvalue weighted by molar-refractivity contribution is 0.102. The molecule has 0 aliphatic rings. The van der Waals surface area contributed by atoms with Crippen molar-refractivity contribution >= 4 is 17.4 Å². The highest BCUT2D eigenvalue weighted by Crippen LogP contribution is 2.06. The quantitative estimate of drug-likeness (QED) is 0.658. The van der Waals surface area contributed by atoms with Crippen LogP contribution in [0.2, 0.25) is 0 Å². The smallest absolute Gasteiger partial charge is 0.232 e. The van der Waals surface area contributed by atoms with Gasteiger partial charge in [0, 0.05) is 0 Å². The third-order valence-corrected chi connectivity index (χ3v) is 1.77. The highest BCUT2D eigenvalue weighted by Gasteiger charge is 2.13. The Morgan fingerprint density at radius 3 is 1.69 bits per heavy atom. The number of ketones is 1. The van der Waals surface area contributed by atoms with Crippen LogP contribution in [0.5, 0.6) is 0 Å². The number of nitrogens with zero attached hydrogens (tertiary/aromatic N) is 4. The van der Waals surface area contributed by atoms with Gasteiger partial charge in [-0.1, -0.05) is 0 Å². The maximum atomic E-state index is 11.8. The highest BCUT2D eigenvalue weighted by atomic mass is 16.1. The molecule has 7 nitrogen and oxygen atoms in total. The predicted octanol–water partition coefficient (Wildman–Crippen LogP) is -0.338. The molecule has 0 spiro atoms. The topological polar surface area (TPSA) is 121 Å². The molecule has 2 rings (SSSR count). The van der Waals surface area contributed by atoms with Gasteiger partial charge in [0.05, 0.1) is 24.8 Å². The van der Waals surface area contributed by atoms with E-state index in [0.717, 1.165) is 0 Å². The van der Waals surface area contributed by atoms with E-state index >= 15 is 0 Å². The first-order valence-corrected chi connectivity index (χ1v) is 4.36. The van der Waals surface area contributed by atoms with Gasteiger partial charge in [-0.25, -0.2) is 9.97 Å². The van der Waals surface area contributed by atoms with Crippen molar-refractivity contribution in [1.82, 2.24) is 19.9 Å². The van der Waals surface area contributed by atoms with Gasteiger partial charge in [-0.3, -0.25) is 14.8 Å². The molecule has 0 bridgehead atoms. The summed E-state index contributed by atoms with van der Waals surface area (Å²) >= 11 is 0. The molecule has 16 heavy (non-hydrogen) atoms. The van der Waals surface area contributed by atoms with Gasteiger partial charge in [-0.2, -0.15) is 0 Å². The maximum Gasteiger partial charge on any atom is 0.232 e. The summed E-state index contributed by atoms with van der Waals surface area (Å²) in [5, 5.41) is 0. The summed E-state index contributed by atoms with van der Waals surface area (Å²) in [7, 11) is 0. The minimum atomic E-state index is -0.417. The van der Waals surface area contributed by atoms with Crippen molar-refractivity contribution in [2.24, 2.45) is 0 Å². The summed E-state index contributed by atoms with van der Waals surface area (Å²) in [6.45, 7) is 0. The van der Waals surface area contributed by atoms with E-state index in [1.54, 1.807) is 0 Å². The van der Waals surface area contributed by atoms with Crippen LogP contribution in [0.3, 0.4) is 0 Å². The van der Waals surface area contributed by atoms with E-state index in [2.05, 4.69) is 19.9 Å². The zero-order chi connectivity index (χ0) is 11.5. The van der Waals surface area contributed by atoms with E-state index in [-0.39, 0.29) is 23.0 Å². The summed E-state index contributed by atoms with van der Waals surface area (Å²) in [4.78, 5) is 27.0. The van der Waals surface area contributed by atoms with Crippen molar-refractivity contribution in [3.05, 3.63) is 36.2 Å². The Balaban J connectivity index is 2.39. The Bertz CT molecular complexity index is 494. The maximum absolute atomic E-state index is 11.8. The monoisotopic (exact) mass is 216 g/mol. The van der Waals surface area contributed by atoms with Gasteiger partial charge in [0.2, 0.25) is 5.78 Å². The number of hydrogen-bond acceptors (Lipinski definition) is 7. The molecule has 7 heteroatoms. The molecule has 0 aliphatic heterocycles. The molecule has 0 unspecified atom stereocenters. The first-order chi connectivity index (χ1) is 7.66. The lowest BCUT2D eigenvalue weighted by Crippen LogP contribution is -2.10. The van der Waals surface area contributed by atoms with E-state index in [1.165, 1.54) is 24.8 Å². The first-order valence-electron chi connectivity index (χ1n) is 4.36. The average Bonchev–Trinajstić information content (AvgIpc) is 2.28. The Kier molecular flexibility index (Phi) is 2.42. The number of carbonyl (C=O) groups is 1. The molecule has 0 saturated carbocycles. The van der Waals surface area contributed by atoms with E-state index in [0.29, 0.717) is 0 Å². The van der Waals surface area contributed by atoms with Crippen molar-refractivity contribution in [2.75, 3.05) is 11.5 Å². The molecule has 0 saturated heterocycles. The van der Waals surface area contributed by atoms with Gasteiger partial charge in [0.15, 0.2) is 0 Å². The zero-order valence-corrected chi connectivity index (χ0v) is 8.16.